The van der Waals surface area contributed by atoms with E-state index in [1.54, 1.807) is 31.2 Å². The van der Waals surface area contributed by atoms with Crippen LogP contribution in [0.5, 0.6) is 5.75 Å². The molecule has 0 unspecified atom stereocenters. The molecule has 1 aliphatic heterocycles. The number of likely N-dealkylation sites (tertiary alicyclic amines) is 1. The number of hydrogen-bond donors (Lipinski definition) is 0. The average molecular weight is 343 g/mol. The highest BCUT2D eigenvalue weighted by Gasteiger charge is 2.32. The molecule has 6 heteroatoms. The zero-order chi connectivity index (χ0) is 17.8. The minimum Gasteiger partial charge on any atom is -0.497 e. The largest absolute Gasteiger partial charge is 0.497 e. The van der Waals surface area contributed by atoms with Crippen LogP contribution in [0.2, 0.25) is 0 Å². The fraction of sp³-hybridized carbons (Fsp3) is 0.474. The molecule has 1 saturated heterocycles. The molecule has 0 radical (unpaired) electrons. The Morgan fingerprint density at radius 1 is 1.24 bits per heavy atom. The molecular formula is C19H25N3O3. The van der Waals surface area contributed by atoms with Gasteiger partial charge in [-0.3, -0.25) is 9.48 Å². The third-order valence-electron chi connectivity index (χ3n) is 4.84. The second-order valence-corrected chi connectivity index (χ2v) is 6.50. The maximum absolute atomic E-state index is 12.7. The molecule has 25 heavy (non-hydrogen) atoms. The van der Waals surface area contributed by atoms with Gasteiger partial charge in [0.25, 0.3) is 5.91 Å². The number of piperidine rings is 1. The zero-order valence-corrected chi connectivity index (χ0v) is 15.0. The first-order valence-corrected chi connectivity index (χ1v) is 8.55. The van der Waals surface area contributed by atoms with Crippen LogP contribution in [0.4, 0.5) is 0 Å². The topological polar surface area (TPSA) is 56.6 Å². The summed E-state index contributed by atoms with van der Waals surface area (Å²) >= 11 is 0. The number of aromatic nitrogens is 2. The predicted molar refractivity (Wildman–Crippen MR) is 94.7 cm³/mol. The normalized spacial score (nSPS) is 20.5. The molecule has 2 heterocycles. The van der Waals surface area contributed by atoms with E-state index in [2.05, 4.69) is 17.2 Å². The van der Waals surface area contributed by atoms with E-state index in [-0.39, 0.29) is 17.9 Å². The number of carbonyl (C=O) groups excluding carboxylic acids is 1. The molecule has 1 fully saturated rings. The van der Waals surface area contributed by atoms with E-state index < -0.39 is 0 Å². The van der Waals surface area contributed by atoms with Crippen molar-refractivity contribution in [3.05, 3.63) is 47.8 Å². The lowest BCUT2D eigenvalue weighted by Crippen LogP contribution is -2.47. The summed E-state index contributed by atoms with van der Waals surface area (Å²) in [6.45, 7) is 1.38. The van der Waals surface area contributed by atoms with Crippen LogP contribution in [-0.2, 0) is 18.2 Å². The van der Waals surface area contributed by atoms with Crippen molar-refractivity contribution in [3.8, 4) is 5.75 Å². The van der Waals surface area contributed by atoms with Crippen LogP contribution in [0.1, 0.15) is 22.5 Å². The molecular weight excluding hydrogens is 318 g/mol. The van der Waals surface area contributed by atoms with Crippen LogP contribution in [0.3, 0.4) is 0 Å². The number of amides is 1. The summed E-state index contributed by atoms with van der Waals surface area (Å²) in [6.07, 6.45) is 3.67. The van der Waals surface area contributed by atoms with Crippen molar-refractivity contribution < 1.29 is 14.3 Å². The van der Waals surface area contributed by atoms with E-state index in [1.165, 1.54) is 5.56 Å². The number of hydrogen-bond acceptors (Lipinski definition) is 4. The Bertz CT molecular complexity index is 711. The minimum absolute atomic E-state index is 0.00474. The van der Waals surface area contributed by atoms with Crippen molar-refractivity contribution in [1.29, 1.82) is 0 Å². The Balaban J connectivity index is 1.70. The molecule has 0 N–H and O–H groups in total. The van der Waals surface area contributed by atoms with E-state index in [0.29, 0.717) is 18.8 Å². The van der Waals surface area contributed by atoms with E-state index in [1.807, 2.05) is 24.1 Å². The number of methoxy groups -OCH3 is 2. The number of nitrogens with zero attached hydrogens (tertiary/aromatic N) is 3. The summed E-state index contributed by atoms with van der Waals surface area (Å²) in [5, 5.41) is 4.23. The van der Waals surface area contributed by atoms with Gasteiger partial charge in [0.05, 0.1) is 13.2 Å². The number of benzene rings is 1. The summed E-state index contributed by atoms with van der Waals surface area (Å²) in [5.74, 6) is 1.11. The predicted octanol–water partition coefficient (Wildman–Crippen LogP) is 2.15. The smallest absolute Gasteiger partial charge is 0.274 e. The molecule has 0 bridgehead atoms. The van der Waals surface area contributed by atoms with Crippen molar-refractivity contribution in [1.82, 2.24) is 14.7 Å². The lowest BCUT2D eigenvalue weighted by atomic mass is 9.88. The van der Waals surface area contributed by atoms with Crippen molar-refractivity contribution in [2.24, 2.45) is 13.0 Å². The third kappa shape index (κ3) is 4.02. The van der Waals surface area contributed by atoms with Crippen molar-refractivity contribution in [3.63, 3.8) is 0 Å². The second kappa shape index (κ2) is 7.70. The minimum atomic E-state index is -0.00474. The van der Waals surface area contributed by atoms with Gasteiger partial charge in [0.2, 0.25) is 0 Å². The van der Waals surface area contributed by atoms with Gasteiger partial charge in [-0.2, -0.15) is 5.10 Å². The highest BCUT2D eigenvalue weighted by Crippen LogP contribution is 2.25. The molecule has 1 aliphatic rings. The second-order valence-electron chi connectivity index (χ2n) is 6.50. The van der Waals surface area contributed by atoms with E-state index in [0.717, 1.165) is 18.6 Å². The van der Waals surface area contributed by atoms with Crippen LogP contribution in [0.25, 0.3) is 0 Å². The van der Waals surface area contributed by atoms with Crippen LogP contribution < -0.4 is 4.74 Å². The summed E-state index contributed by atoms with van der Waals surface area (Å²) in [6, 6.07) is 9.85. The fourth-order valence-electron chi connectivity index (χ4n) is 3.46. The lowest BCUT2D eigenvalue weighted by molar-refractivity contribution is -0.00319. The van der Waals surface area contributed by atoms with Gasteiger partial charge in [-0.25, -0.2) is 0 Å². The molecule has 2 atom stereocenters. The fourth-order valence-corrected chi connectivity index (χ4v) is 3.46. The molecule has 0 spiro atoms. The summed E-state index contributed by atoms with van der Waals surface area (Å²) in [4.78, 5) is 14.6. The molecule has 1 amide bonds. The number of ether oxygens (including phenoxy) is 2. The molecule has 3 rings (SSSR count). The first-order valence-electron chi connectivity index (χ1n) is 8.55. The summed E-state index contributed by atoms with van der Waals surface area (Å²) < 4.78 is 12.5. The lowest BCUT2D eigenvalue weighted by Gasteiger charge is -2.37. The van der Waals surface area contributed by atoms with Gasteiger partial charge in [-0.15, -0.1) is 0 Å². The molecule has 0 saturated carbocycles. The Kier molecular flexibility index (Phi) is 5.38. The first kappa shape index (κ1) is 17.5. The molecule has 1 aromatic heterocycles. The zero-order valence-electron chi connectivity index (χ0n) is 15.0. The number of rotatable bonds is 5. The Labute approximate surface area is 148 Å². The van der Waals surface area contributed by atoms with Crippen molar-refractivity contribution in [2.75, 3.05) is 27.3 Å². The number of aryl methyl sites for hydroxylation is 1. The molecule has 134 valence electrons. The molecule has 6 nitrogen and oxygen atoms in total. The SMILES string of the molecule is COc1ccc(C[C@@H]2CN(C(=O)c3ccn(C)n3)CC[C@H]2OC)cc1. The van der Waals surface area contributed by atoms with Gasteiger partial charge in [0, 0.05) is 39.4 Å². The Morgan fingerprint density at radius 3 is 2.60 bits per heavy atom. The highest BCUT2D eigenvalue weighted by molar-refractivity contribution is 5.92. The molecule has 0 aliphatic carbocycles. The van der Waals surface area contributed by atoms with Gasteiger partial charge in [-0.05, 0) is 36.6 Å². The van der Waals surface area contributed by atoms with E-state index in [4.69, 9.17) is 9.47 Å². The molecule has 1 aromatic carbocycles. The Hall–Kier alpha value is -2.34. The van der Waals surface area contributed by atoms with Gasteiger partial charge < -0.3 is 14.4 Å². The summed E-state index contributed by atoms with van der Waals surface area (Å²) in [7, 11) is 5.24. The first-order chi connectivity index (χ1) is 12.1. The van der Waals surface area contributed by atoms with Gasteiger partial charge in [0.1, 0.15) is 11.4 Å². The monoisotopic (exact) mass is 343 g/mol. The average Bonchev–Trinajstić information content (AvgIpc) is 3.08. The maximum atomic E-state index is 12.7. The van der Waals surface area contributed by atoms with Crippen LogP contribution in [-0.4, -0.2) is 54.0 Å². The maximum Gasteiger partial charge on any atom is 0.274 e. The van der Waals surface area contributed by atoms with E-state index >= 15 is 0 Å². The number of carbonyl (C=O) groups is 1. The van der Waals surface area contributed by atoms with E-state index in [9.17, 15) is 4.79 Å². The molecule has 2 aromatic rings. The van der Waals surface area contributed by atoms with Crippen LogP contribution in [0, 0.1) is 5.92 Å². The van der Waals surface area contributed by atoms with Gasteiger partial charge >= 0.3 is 0 Å². The highest BCUT2D eigenvalue weighted by atomic mass is 16.5. The summed E-state index contributed by atoms with van der Waals surface area (Å²) in [5.41, 5.74) is 1.72. The van der Waals surface area contributed by atoms with Gasteiger partial charge in [0.15, 0.2) is 0 Å². The van der Waals surface area contributed by atoms with Crippen molar-refractivity contribution in [2.45, 2.75) is 18.9 Å². The quantitative estimate of drug-likeness (QED) is 0.835. The Morgan fingerprint density at radius 2 is 2.00 bits per heavy atom. The van der Waals surface area contributed by atoms with Gasteiger partial charge in [-0.1, -0.05) is 12.1 Å². The van der Waals surface area contributed by atoms with Crippen molar-refractivity contribution >= 4 is 5.91 Å². The third-order valence-corrected chi connectivity index (χ3v) is 4.84. The van der Waals surface area contributed by atoms with Crippen LogP contribution in [0.15, 0.2) is 36.5 Å². The van der Waals surface area contributed by atoms with Crippen LogP contribution >= 0.6 is 0 Å². The standard InChI is InChI=1S/C19H25N3O3/c1-21-10-8-17(20-21)19(23)22-11-9-18(25-3)15(13-22)12-14-4-6-16(24-2)7-5-14/h4-8,10,15,18H,9,11-13H2,1-3H3/t15-,18-/m1/s1.